The number of rotatable bonds is 14. The molecule has 2 unspecified atom stereocenters. The van der Waals surface area contributed by atoms with E-state index in [4.69, 9.17) is 13.9 Å². The number of phenols is 1. The molecule has 2 aliphatic heterocycles. The Bertz CT molecular complexity index is 1670. The topological polar surface area (TPSA) is 116 Å². The van der Waals surface area contributed by atoms with Crippen molar-refractivity contribution in [2.75, 3.05) is 52.5 Å². The molecule has 0 bridgehead atoms. The second kappa shape index (κ2) is 15.7. The first kappa shape index (κ1) is 35.0. The van der Waals surface area contributed by atoms with E-state index < -0.39 is 12.2 Å². The van der Waals surface area contributed by atoms with E-state index in [2.05, 4.69) is 15.9 Å². The lowest BCUT2D eigenvalue weighted by atomic mass is 9.96. The number of allylic oxidation sites excluding steroid dienone is 4. The fraction of sp³-hybridized carbons (Fsp3) is 0.553. The van der Waals surface area contributed by atoms with E-state index in [0.717, 1.165) is 74.1 Å². The minimum absolute atomic E-state index is 0.0465. The highest BCUT2D eigenvalue weighted by molar-refractivity contribution is 5.97. The van der Waals surface area contributed by atoms with Gasteiger partial charge in [0.2, 0.25) is 5.43 Å². The van der Waals surface area contributed by atoms with Gasteiger partial charge in [0.25, 0.3) is 0 Å². The molecule has 0 radical (unpaired) electrons. The third kappa shape index (κ3) is 8.57. The molecule has 2 aliphatic rings. The molecule has 3 heterocycles. The van der Waals surface area contributed by atoms with Crippen molar-refractivity contribution in [2.45, 2.75) is 85.4 Å². The number of likely N-dealkylation sites (tertiary alicyclic amines) is 2. The van der Waals surface area contributed by atoms with Crippen LogP contribution in [-0.2, 0) is 12.8 Å². The summed E-state index contributed by atoms with van der Waals surface area (Å²) in [6, 6.07) is 3.37. The summed E-state index contributed by atoms with van der Waals surface area (Å²) in [6.45, 7) is 15.0. The quantitative estimate of drug-likeness (QED) is 0.151. The molecule has 0 amide bonds. The number of nitrogens with zero attached hydrogens (tertiary/aromatic N) is 2. The van der Waals surface area contributed by atoms with Crippen molar-refractivity contribution >= 4 is 21.9 Å². The molecule has 2 fully saturated rings. The SMILES string of the molecule is CC(C)=CCc1c(OCC(O)CN2CCCC2)cc2oc3cc(OCC(O)CN4CCCC4)c(C)c(CC=C(C)C)c3c(=O)c2c1O. The van der Waals surface area contributed by atoms with Gasteiger partial charge < -0.3 is 39.0 Å². The highest BCUT2D eigenvalue weighted by Crippen LogP contribution is 2.39. The average molecular weight is 649 g/mol. The Labute approximate surface area is 278 Å². The van der Waals surface area contributed by atoms with E-state index >= 15 is 0 Å². The molecule has 2 saturated heterocycles. The van der Waals surface area contributed by atoms with E-state index in [9.17, 15) is 20.1 Å². The molecule has 0 spiro atoms. The number of β-amino-alcohol motifs (C(OH)–C–C–N with tert-alkyl or cyclic N) is 2. The minimum Gasteiger partial charge on any atom is -0.507 e. The second-order valence-corrected chi connectivity index (χ2v) is 13.8. The molecule has 2 atom stereocenters. The Hall–Kier alpha value is -3.37. The van der Waals surface area contributed by atoms with E-state index in [1.807, 2.05) is 40.7 Å². The number of hydrogen-bond donors (Lipinski definition) is 3. The van der Waals surface area contributed by atoms with Gasteiger partial charge >= 0.3 is 0 Å². The Morgan fingerprint density at radius 2 is 1.26 bits per heavy atom. The predicted octanol–water partition coefficient (Wildman–Crippen LogP) is 5.65. The summed E-state index contributed by atoms with van der Waals surface area (Å²) in [5, 5.41) is 33.6. The Morgan fingerprint density at radius 3 is 1.79 bits per heavy atom. The van der Waals surface area contributed by atoms with Crippen LogP contribution in [0.4, 0.5) is 0 Å². The molecule has 5 rings (SSSR count). The molecule has 3 N–H and O–H groups in total. The smallest absolute Gasteiger partial charge is 0.204 e. The second-order valence-electron chi connectivity index (χ2n) is 13.8. The summed E-state index contributed by atoms with van der Waals surface area (Å²) >= 11 is 0. The van der Waals surface area contributed by atoms with E-state index in [0.29, 0.717) is 54.0 Å². The third-order valence-corrected chi connectivity index (χ3v) is 9.26. The van der Waals surface area contributed by atoms with Crippen molar-refractivity contribution < 1.29 is 29.2 Å². The van der Waals surface area contributed by atoms with Gasteiger partial charge in [0.1, 0.15) is 59.2 Å². The number of hydrogen-bond acceptors (Lipinski definition) is 9. The lowest BCUT2D eigenvalue weighted by Gasteiger charge is -2.21. The first-order chi connectivity index (χ1) is 22.5. The first-order valence-corrected chi connectivity index (χ1v) is 17.1. The van der Waals surface area contributed by atoms with E-state index in [1.165, 1.54) is 0 Å². The van der Waals surface area contributed by atoms with Gasteiger partial charge in [-0.3, -0.25) is 4.79 Å². The van der Waals surface area contributed by atoms with Gasteiger partial charge in [-0.1, -0.05) is 23.3 Å². The van der Waals surface area contributed by atoms with Crippen molar-refractivity contribution in [1.29, 1.82) is 0 Å². The van der Waals surface area contributed by atoms with Crippen LogP contribution in [-0.4, -0.2) is 89.8 Å². The van der Waals surface area contributed by atoms with Gasteiger partial charge in [0.15, 0.2) is 0 Å². The monoisotopic (exact) mass is 648 g/mol. The van der Waals surface area contributed by atoms with E-state index in [-0.39, 0.29) is 35.4 Å². The number of benzene rings is 2. The van der Waals surface area contributed by atoms with Crippen molar-refractivity contribution in [3.8, 4) is 17.2 Å². The van der Waals surface area contributed by atoms with Crippen LogP contribution in [0.1, 0.15) is 70.1 Å². The Kier molecular flexibility index (Phi) is 11.7. The number of fused-ring (bicyclic) bond motifs is 2. The van der Waals surface area contributed by atoms with Crippen molar-refractivity contribution in [3.05, 3.63) is 62.3 Å². The lowest BCUT2D eigenvalue weighted by molar-refractivity contribution is 0.0754. The zero-order valence-electron chi connectivity index (χ0n) is 28.7. The Morgan fingerprint density at radius 1 is 0.787 bits per heavy atom. The normalized spacial score (nSPS) is 16.9. The number of phenolic OH excluding ortho intramolecular Hbond substituents is 1. The summed E-state index contributed by atoms with van der Waals surface area (Å²) < 4.78 is 18.7. The van der Waals surface area contributed by atoms with Crippen LogP contribution in [0.25, 0.3) is 21.9 Å². The fourth-order valence-corrected chi connectivity index (χ4v) is 6.67. The molecule has 9 nitrogen and oxygen atoms in total. The highest BCUT2D eigenvalue weighted by Gasteiger charge is 2.24. The van der Waals surface area contributed by atoms with Crippen LogP contribution in [0.2, 0.25) is 0 Å². The van der Waals surface area contributed by atoms with Gasteiger partial charge in [-0.05, 0) is 110 Å². The van der Waals surface area contributed by atoms with Gasteiger partial charge in [0.05, 0.1) is 5.39 Å². The molecule has 2 aromatic carbocycles. The molecule has 1 aromatic heterocycles. The van der Waals surface area contributed by atoms with Crippen LogP contribution in [0.3, 0.4) is 0 Å². The van der Waals surface area contributed by atoms with Gasteiger partial charge in [0, 0.05) is 30.8 Å². The number of aromatic hydroxyl groups is 1. The maximum Gasteiger partial charge on any atom is 0.204 e. The molecule has 0 aliphatic carbocycles. The highest BCUT2D eigenvalue weighted by atomic mass is 16.5. The fourth-order valence-electron chi connectivity index (χ4n) is 6.67. The van der Waals surface area contributed by atoms with Crippen LogP contribution >= 0.6 is 0 Å². The van der Waals surface area contributed by atoms with Crippen molar-refractivity contribution in [2.24, 2.45) is 0 Å². The molecular formula is C38H52N2O7. The zero-order valence-corrected chi connectivity index (χ0v) is 28.7. The van der Waals surface area contributed by atoms with E-state index in [1.54, 1.807) is 12.1 Å². The van der Waals surface area contributed by atoms with Crippen LogP contribution in [0, 0.1) is 6.92 Å². The van der Waals surface area contributed by atoms with Gasteiger partial charge in [-0.2, -0.15) is 0 Å². The minimum atomic E-state index is -0.702. The van der Waals surface area contributed by atoms with Gasteiger partial charge in [-0.25, -0.2) is 0 Å². The largest absolute Gasteiger partial charge is 0.507 e. The molecule has 47 heavy (non-hydrogen) atoms. The lowest BCUT2D eigenvalue weighted by Crippen LogP contribution is -2.33. The zero-order chi connectivity index (χ0) is 33.7. The summed E-state index contributed by atoms with van der Waals surface area (Å²) in [6.07, 6.45) is 8.08. The standard InChI is InChI=1S/C38H52N2O7/c1-24(2)10-12-29-26(5)31(45-22-27(41)20-39-14-6-7-15-39)18-33-35(29)38(44)36-34(47-33)19-32(30(37(36)43)13-11-25(3)4)46-23-28(42)21-40-16-8-9-17-40/h10-11,18-19,27-28,41-43H,6-9,12-17,20-23H2,1-5H3. The molecular weight excluding hydrogens is 596 g/mol. The van der Waals surface area contributed by atoms with Crippen LogP contribution in [0.5, 0.6) is 17.2 Å². The maximum atomic E-state index is 14.3. The number of aliphatic hydroxyl groups is 2. The maximum absolute atomic E-state index is 14.3. The average Bonchev–Trinajstić information content (AvgIpc) is 3.73. The Balaban J connectivity index is 1.56. The number of ether oxygens (including phenoxy) is 2. The van der Waals surface area contributed by atoms with Crippen LogP contribution in [0.15, 0.2) is 44.6 Å². The molecule has 9 heteroatoms. The van der Waals surface area contributed by atoms with Gasteiger partial charge in [-0.15, -0.1) is 0 Å². The van der Waals surface area contributed by atoms with Crippen molar-refractivity contribution in [1.82, 2.24) is 9.80 Å². The summed E-state index contributed by atoms with van der Waals surface area (Å²) in [5.41, 5.74) is 4.42. The predicted molar refractivity (Wildman–Crippen MR) is 187 cm³/mol. The third-order valence-electron chi connectivity index (χ3n) is 9.26. The summed E-state index contributed by atoms with van der Waals surface area (Å²) in [5.74, 6) is 0.744. The summed E-state index contributed by atoms with van der Waals surface area (Å²) in [4.78, 5) is 18.8. The molecule has 3 aromatic rings. The van der Waals surface area contributed by atoms with Crippen LogP contribution < -0.4 is 14.9 Å². The van der Waals surface area contributed by atoms with Crippen molar-refractivity contribution in [3.63, 3.8) is 0 Å². The summed E-state index contributed by atoms with van der Waals surface area (Å²) in [7, 11) is 0. The molecule has 0 saturated carbocycles. The molecule has 256 valence electrons. The first-order valence-electron chi connectivity index (χ1n) is 17.1. The number of aliphatic hydroxyl groups excluding tert-OH is 2.